The summed E-state index contributed by atoms with van der Waals surface area (Å²) in [7, 11) is 1.33. The van der Waals surface area contributed by atoms with Crippen molar-refractivity contribution in [1.29, 1.82) is 0 Å². The number of carbonyl (C=O) groups is 1. The molecule has 1 aliphatic heterocycles. The summed E-state index contributed by atoms with van der Waals surface area (Å²) in [6, 6.07) is 18.4. The third-order valence-corrected chi connectivity index (χ3v) is 5.28. The van der Waals surface area contributed by atoms with Crippen molar-refractivity contribution < 1.29 is 23.4 Å². The summed E-state index contributed by atoms with van der Waals surface area (Å²) < 4.78 is 33.1. The minimum Gasteiger partial charge on any atom is -0.377 e. The fourth-order valence-electron chi connectivity index (χ4n) is 3.85. The summed E-state index contributed by atoms with van der Waals surface area (Å²) in [6.07, 6.45) is -1.28. The van der Waals surface area contributed by atoms with Gasteiger partial charge in [0.2, 0.25) is 0 Å². The van der Waals surface area contributed by atoms with E-state index >= 15 is 0 Å². The Labute approximate surface area is 167 Å². The van der Waals surface area contributed by atoms with Gasteiger partial charge in [-0.15, -0.1) is 0 Å². The van der Waals surface area contributed by atoms with Gasteiger partial charge in [0.25, 0.3) is 5.91 Å². The molecular weight excluding hydrogens is 376 g/mol. The molecule has 0 bridgehead atoms. The van der Waals surface area contributed by atoms with Crippen LogP contribution in [0, 0.1) is 11.6 Å². The molecule has 0 saturated heterocycles. The van der Waals surface area contributed by atoms with Gasteiger partial charge in [-0.05, 0) is 29.8 Å². The summed E-state index contributed by atoms with van der Waals surface area (Å²) in [5, 5.41) is 11.7. The van der Waals surface area contributed by atoms with E-state index in [1.54, 1.807) is 42.5 Å². The van der Waals surface area contributed by atoms with Crippen molar-refractivity contribution in [1.82, 2.24) is 0 Å². The molecule has 0 saturated carbocycles. The molecule has 0 fully saturated rings. The van der Waals surface area contributed by atoms with Crippen LogP contribution in [0.2, 0.25) is 0 Å². The van der Waals surface area contributed by atoms with Crippen molar-refractivity contribution in [2.45, 2.75) is 18.2 Å². The van der Waals surface area contributed by atoms with E-state index in [0.717, 1.165) is 0 Å². The van der Waals surface area contributed by atoms with Gasteiger partial charge in [0, 0.05) is 18.2 Å². The molecule has 1 heterocycles. The maximum atomic E-state index is 14.2. The van der Waals surface area contributed by atoms with Crippen molar-refractivity contribution in [2.75, 3.05) is 12.0 Å². The van der Waals surface area contributed by atoms with Crippen LogP contribution in [-0.2, 0) is 21.7 Å². The van der Waals surface area contributed by atoms with E-state index in [1.165, 1.54) is 42.3 Å². The van der Waals surface area contributed by atoms with Gasteiger partial charge in [-0.25, -0.2) is 8.78 Å². The number of rotatable bonds is 4. The molecule has 4 rings (SSSR count). The van der Waals surface area contributed by atoms with Crippen LogP contribution in [0.15, 0.2) is 72.8 Å². The molecule has 29 heavy (non-hydrogen) atoms. The van der Waals surface area contributed by atoms with Gasteiger partial charge >= 0.3 is 0 Å². The van der Waals surface area contributed by atoms with Gasteiger partial charge in [0.15, 0.2) is 11.7 Å². The number of benzene rings is 3. The number of hydrogen-bond donors (Lipinski definition) is 1. The Morgan fingerprint density at radius 2 is 1.66 bits per heavy atom. The minimum atomic E-state index is -1.82. The zero-order chi connectivity index (χ0) is 20.6. The summed E-state index contributed by atoms with van der Waals surface area (Å²) in [4.78, 5) is 14.7. The number of aliphatic hydroxyl groups is 1. The number of ether oxygens (including phenoxy) is 1. The minimum absolute atomic E-state index is 0.0120. The number of fused-ring (bicyclic) bond motifs is 1. The van der Waals surface area contributed by atoms with Crippen LogP contribution >= 0.6 is 0 Å². The van der Waals surface area contributed by atoms with Crippen molar-refractivity contribution in [3.05, 3.63) is 101 Å². The molecule has 3 aromatic carbocycles. The second kappa shape index (κ2) is 7.39. The second-order valence-electron chi connectivity index (χ2n) is 6.92. The zero-order valence-corrected chi connectivity index (χ0v) is 15.7. The molecule has 148 valence electrons. The van der Waals surface area contributed by atoms with Gasteiger partial charge in [-0.1, -0.05) is 48.5 Å². The topological polar surface area (TPSA) is 49.8 Å². The lowest BCUT2D eigenvalue weighted by atomic mass is 9.77. The number of anilines is 1. The Balaban J connectivity index is 1.88. The molecule has 6 heteroatoms. The van der Waals surface area contributed by atoms with E-state index in [1.807, 2.05) is 0 Å². The summed E-state index contributed by atoms with van der Waals surface area (Å²) in [5.41, 5.74) is -0.271. The number of carbonyl (C=O) groups excluding carboxylic acids is 1. The van der Waals surface area contributed by atoms with Crippen LogP contribution in [-0.4, -0.2) is 24.2 Å². The van der Waals surface area contributed by atoms with Gasteiger partial charge in [0.05, 0.1) is 12.2 Å². The third-order valence-electron chi connectivity index (χ3n) is 5.28. The molecule has 1 amide bonds. The van der Waals surface area contributed by atoms with E-state index in [0.29, 0.717) is 22.4 Å². The first-order valence-electron chi connectivity index (χ1n) is 9.12. The first-order valence-corrected chi connectivity index (χ1v) is 9.12. The number of halogens is 2. The first-order chi connectivity index (χ1) is 14.0. The molecule has 3 aromatic rings. The van der Waals surface area contributed by atoms with E-state index in [4.69, 9.17) is 4.74 Å². The van der Waals surface area contributed by atoms with Crippen molar-refractivity contribution in [2.24, 2.45) is 0 Å². The number of hydrogen-bond acceptors (Lipinski definition) is 3. The molecule has 0 radical (unpaired) electrons. The largest absolute Gasteiger partial charge is 0.377 e. The lowest BCUT2D eigenvalue weighted by Crippen LogP contribution is -2.57. The molecule has 2 atom stereocenters. The number of amides is 1. The highest BCUT2D eigenvalue weighted by molar-refractivity contribution is 6.01. The van der Waals surface area contributed by atoms with Crippen molar-refractivity contribution in [3.8, 4) is 0 Å². The number of nitrogens with zero attached hydrogens (tertiary/aromatic N) is 1. The third kappa shape index (κ3) is 3.10. The molecule has 0 aromatic heterocycles. The van der Waals surface area contributed by atoms with E-state index in [-0.39, 0.29) is 6.54 Å². The Morgan fingerprint density at radius 1 is 1.00 bits per heavy atom. The highest BCUT2D eigenvalue weighted by Gasteiger charge is 2.52. The van der Waals surface area contributed by atoms with Gasteiger partial charge in [0.1, 0.15) is 11.6 Å². The fraction of sp³-hybridized carbons (Fsp3) is 0.174. The highest BCUT2D eigenvalue weighted by atomic mass is 19.1. The predicted molar refractivity (Wildman–Crippen MR) is 104 cm³/mol. The quantitative estimate of drug-likeness (QED) is 0.732. The Kier molecular flexibility index (Phi) is 4.90. The Morgan fingerprint density at radius 3 is 2.34 bits per heavy atom. The van der Waals surface area contributed by atoms with Gasteiger partial charge in [-0.3, -0.25) is 4.79 Å². The lowest BCUT2D eigenvalue weighted by Gasteiger charge is -2.44. The maximum Gasteiger partial charge on any atom is 0.260 e. The highest BCUT2D eigenvalue weighted by Crippen LogP contribution is 2.45. The Hall–Kier alpha value is -3.09. The number of para-hydroxylation sites is 1. The summed E-state index contributed by atoms with van der Waals surface area (Å²) in [6.45, 7) is -0.0120. The smallest absolute Gasteiger partial charge is 0.260 e. The van der Waals surface area contributed by atoms with Gasteiger partial charge < -0.3 is 14.7 Å². The van der Waals surface area contributed by atoms with Crippen LogP contribution in [0.25, 0.3) is 0 Å². The van der Waals surface area contributed by atoms with Crippen LogP contribution in [0.4, 0.5) is 14.5 Å². The first kappa shape index (κ1) is 19.2. The summed E-state index contributed by atoms with van der Waals surface area (Å²) >= 11 is 0. The summed E-state index contributed by atoms with van der Waals surface area (Å²) in [5.74, 6) is -1.39. The molecule has 1 N–H and O–H groups in total. The maximum absolute atomic E-state index is 14.2. The van der Waals surface area contributed by atoms with Crippen LogP contribution in [0.5, 0.6) is 0 Å². The monoisotopic (exact) mass is 395 g/mol. The SMILES string of the molecule is COC1C(=O)N(Cc2ccccc2F)c2ccccc2C1(O)c1ccc(F)cc1. The zero-order valence-electron chi connectivity index (χ0n) is 15.7. The van der Waals surface area contributed by atoms with Crippen molar-refractivity contribution >= 4 is 11.6 Å². The van der Waals surface area contributed by atoms with Crippen LogP contribution in [0.3, 0.4) is 0 Å². The van der Waals surface area contributed by atoms with Crippen LogP contribution in [0.1, 0.15) is 16.7 Å². The molecule has 0 aliphatic carbocycles. The predicted octanol–water partition coefficient (Wildman–Crippen LogP) is 3.76. The molecule has 2 unspecified atom stereocenters. The Bertz CT molecular complexity index is 1050. The van der Waals surface area contributed by atoms with E-state index in [2.05, 4.69) is 0 Å². The standard InChI is InChI=1S/C23H19F2NO3/c1-29-21-22(27)26(14-15-6-2-4-8-19(15)25)20-9-5-3-7-18(20)23(21,28)16-10-12-17(24)13-11-16/h2-13,21,28H,14H2,1H3. The average molecular weight is 395 g/mol. The fourth-order valence-corrected chi connectivity index (χ4v) is 3.85. The van der Waals surface area contributed by atoms with E-state index < -0.39 is 29.2 Å². The average Bonchev–Trinajstić information content (AvgIpc) is 2.73. The normalized spacial score (nSPS) is 21.2. The molecule has 0 spiro atoms. The number of methoxy groups -OCH3 is 1. The lowest BCUT2D eigenvalue weighted by molar-refractivity contribution is -0.145. The molecule has 1 aliphatic rings. The second-order valence-corrected chi connectivity index (χ2v) is 6.92. The molecule has 4 nitrogen and oxygen atoms in total. The molecular formula is C23H19F2NO3. The van der Waals surface area contributed by atoms with Crippen molar-refractivity contribution in [3.63, 3.8) is 0 Å². The van der Waals surface area contributed by atoms with Gasteiger partial charge in [-0.2, -0.15) is 0 Å². The van der Waals surface area contributed by atoms with Crippen LogP contribution < -0.4 is 4.90 Å². The van der Waals surface area contributed by atoms with E-state index in [9.17, 15) is 18.7 Å².